The average molecular weight is 353 g/mol. The molecule has 0 radical (unpaired) electrons. The monoisotopic (exact) mass is 353 g/mol. The van der Waals surface area contributed by atoms with Crippen LogP contribution in [0.5, 0.6) is 0 Å². The molecule has 1 aliphatic heterocycles. The van der Waals surface area contributed by atoms with Crippen LogP contribution in [0, 0.1) is 12.7 Å². The highest BCUT2D eigenvalue weighted by atomic mass is 19.1. The SMILES string of the molecule is Cc1oncc1CN1CCN(c2ncnc(-c3ccccc3)c2F)CC1. The molecule has 26 heavy (non-hydrogen) atoms. The van der Waals surface area contributed by atoms with Gasteiger partial charge in [-0.15, -0.1) is 0 Å². The van der Waals surface area contributed by atoms with E-state index in [0.717, 1.165) is 36.5 Å². The van der Waals surface area contributed by atoms with E-state index in [1.807, 2.05) is 42.2 Å². The van der Waals surface area contributed by atoms with Gasteiger partial charge in [-0.25, -0.2) is 14.4 Å². The van der Waals surface area contributed by atoms with E-state index in [0.29, 0.717) is 24.6 Å². The molecule has 0 saturated carbocycles. The highest BCUT2D eigenvalue weighted by Crippen LogP contribution is 2.26. The fraction of sp³-hybridized carbons (Fsp3) is 0.316. The van der Waals surface area contributed by atoms with Crippen molar-refractivity contribution in [2.24, 2.45) is 0 Å². The third-order valence-electron chi connectivity index (χ3n) is 4.73. The number of benzene rings is 1. The van der Waals surface area contributed by atoms with Gasteiger partial charge in [0, 0.05) is 43.9 Å². The van der Waals surface area contributed by atoms with Crippen LogP contribution in [0.3, 0.4) is 0 Å². The van der Waals surface area contributed by atoms with Crippen LogP contribution in [0.25, 0.3) is 11.3 Å². The third kappa shape index (κ3) is 3.30. The van der Waals surface area contributed by atoms with Crippen molar-refractivity contribution in [3.63, 3.8) is 0 Å². The molecule has 1 fully saturated rings. The number of halogens is 1. The van der Waals surface area contributed by atoms with Gasteiger partial charge < -0.3 is 9.42 Å². The van der Waals surface area contributed by atoms with Crippen molar-refractivity contribution in [3.05, 3.63) is 60.0 Å². The highest BCUT2D eigenvalue weighted by molar-refractivity contribution is 5.63. The summed E-state index contributed by atoms with van der Waals surface area (Å²) in [6, 6.07) is 9.37. The second-order valence-corrected chi connectivity index (χ2v) is 6.40. The number of aromatic nitrogens is 3. The first kappa shape index (κ1) is 16.7. The van der Waals surface area contributed by atoms with Gasteiger partial charge in [0.25, 0.3) is 0 Å². The molecule has 0 N–H and O–H groups in total. The van der Waals surface area contributed by atoms with Crippen LogP contribution in [-0.4, -0.2) is 46.2 Å². The molecule has 134 valence electrons. The predicted molar refractivity (Wildman–Crippen MR) is 96.2 cm³/mol. The van der Waals surface area contributed by atoms with E-state index in [1.54, 1.807) is 6.20 Å². The first-order valence-corrected chi connectivity index (χ1v) is 8.66. The van der Waals surface area contributed by atoms with E-state index >= 15 is 0 Å². The topological polar surface area (TPSA) is 58.3 Å². The summed E-state index contributed by atoms with van der Waals surface area (Å²) >= 11 is 0. The lowest BCUT2D eigenvalue weighted by Gasteiger charge is -2.35. The Morgan fingerprint density at radius 2 is 1.85 bits per heavy atom. The van der Waals surface area contributed by atoms with Gasteiger partial charge in [0.1, 0.15) is 17.8 Å². The number of hydrogen-bond donors (Lipinski definition) is 0. The summed E-state index contributed by atoms with van der Waals surface area (Å²) in [4.78, 5) is 12.6. The van der Waals surface area contributed by atoms with Crippen molar-refractivity contribution in [1.29, 1.82) is 0 Å². The molecule has 6 nitrogen and oxygen atoms in total. The molecule has 0 aliphatic carbocycles. The van der Waals surface area contributed by atoms with E-state index in [-0.39, 0.29) is 5.82 Å². The van der Waals surface area contributed by atoms with E-state index in [9.17, 15) is 4.39 Å². The standard InChI is InChI=1S/C19H20FN5O/c1-14-16(11-23-26-14)12-24-7-9-25(10-8-24)19-17(20)18(21-13-22-19)15-5-3-2-4-6-15/h2-6,11,13H,7-10,12H2,1H3. The summed E-state index contributed by atoms with van der Waals surface area (Å²) in [5.74, 6) is 0.864. The minimum atomic E-state index is -0.359. The Morgan fingerprint density at radius 1 is 1.08 bits per heavy atom. The minimum Gasteiger partial charge on any atom is -0.361 e. The summed E-state index contributed by atoms with van der Waals surface area (Å²) in [6.07, 6.45) is 3.20. The summed E-state index contributed by atoms with van der Waals surface area (Å²) in [7, 11) is 0. The summed E-state index contributed by atoms with van der Waals surface area (Å²) < 4.78 is 20.1. The van der Waals surface area contributed by atoms with Gasteiger partial charge in [0.05, 0.1) is 6.20 Å². The molecular formula is C19H20FN5O. The maximum absolute atomic E-state index is 15.0. The third-order valence-corrected chi connectivity index (χ3v) is 4.73. The van der Waals surface area contributed by atoms with Crippen molar-refractivity contribution in [2.45, 2.75) is 13.5 Å². The van der Waals surface area contributed by atoms with Crippen LogP contribution in [0.1, 0.15) is 11.3 Å². The molecule has 0 amide bonds. The Morgan fingerprint density at radius 3 is 2.54 bits per heavy atom. The van der Waals surface area contributed by atoms with Crippen LogP contribution in [0.4, 0.5) is 10.2 Å². The zero-order valence-corrected chi connectivity index (χ0v) is 14.6. The van der Waals surface area contributed by atoms with Crippen molar-refractivity contribution in [2.75, 3.05) is 31.1 Å². The van der Waals surface area contributed by atoms with Crippen LogP contribution >= 0.6 is 0 Å². The van der Waals surface area contributed by atoms with Crippen LogP contribution in [-0.2, 0) is 6.54 Å². The van der Waals surface area contributed by atoms with Gasteiger partial charge in [-0.05, 0) is 6.92 Å². The lowest BCUT2D eigenvalue weighted by atomic mass is 10.1. The molecule has 2 aromatic heterocycles. The molecule has 0 bridgehead atoms. The van der Waals surface area contributed by atoms with Gasteiger partial charge >= 0.3 is 0 Å². The second kappa shape index (κ2) is 7.21. The van der Waals surface area contributed by atoms with Gasteiger partial charge in [0.15, 0.2) is 11.6 Å². The quantitative estimate of drug-likeness (QED) is 0.719. The largest absolute Gasteiger partial charge is 0.361 e. The van der Waals surface area contributed by atoms with Crippen molar-refractivity contribution >= 4 is 5.82 Å². The zero-order chi connectivity index (χ0) is 17.9. The molecule has 3 aromatic rings. The maximum Gasteiger partial charge on any atom is 0.191 e. The Kier molecular flexibility index (Phi) is 4.62. The number of piperazine rings is 1. The maximum atomic E-state index is 15.0. The normalized spacial score (nSPS) is 15.4. The summed E-state index contributed by atoms with van der Waals surface area (Å²) in [5.41, 5.74) is 2.20. The second-order valence-electron chi connectivity index (χ2n) is 6.40. The Hall–Kier alpha value is -2.80. The fourth-order valence-electron chi connectivity index (χ4n) is 3.21. The van der Waals surface area contributed by atoms with Crippen molar-refractivity contribution in [3.8, 4) is 11.3 Å². The first-order valence-electron chi connectivity index (χ1n) is 8.66. The van der Waals surface area contributed by atoms with Crippen LogP contribution in [0.15, 0.2) is 47.4 Å². The van der Waals surface area contributed by atoms with Crippen molar-refractivity contribution in [1.82, 2.24) is 20.0 Å². The lowest BCUT2D eigenvalue weighted by molar-refractivity contribution is 0.247. The Bertz CT molecular complexity index is 875. The van der Waals surface area contributed by atoms with Crippen molar-refractivity contribution < 1.29 is 8.91 Å². The van der Waals surface area contributed by atoms with Gasteiger partial charge in [-0.2, -0.15) is 0 Å². The summed E-state index contributed by atoms with van der Waals surface area (Å²) in [6.45, 7) is 5.80. The van der Waals surface area contributed by atoms with E-state index in [4.69, 9.17) is 4.52 Å². The highest BCUT2D eigenvalue weighted by Gasteiger charge is 2.23. The molecule has 1 aromatic carbocycles. The zero-order valence-electron chi connectivity index (χ0n) is 14.6. The van der Waals surface area contributed by atoms with Gasteiger partial charge in [0.2, 0.25) is 0 Å². The molecular weight excluding hydrogens is 333 g/mol. The van der Waals surface area contributed by atoms with E-state index < -0.39 is 0 Å². The number of anilines is 1. The minimum absolute atomic E-state index is 0.345. The molecule has 1 saturated heterocycles. The number of rotatable bonds is 4. The predicted octanol–water partition coefficient (Wildman–Crippen LogP) is 2.90. The van der Waals surface area contributed by atoms with Crippen LogP contribution in [0.2, 0.25) is 0 Å². The Labute approximate surface area is 151 Å². The molecule has 1 aliphatic rings. The molecule has 4 rings (SSSR count). The van der Waals surface area contributed by atoms with Gasteiger partial charge in [-0.3, -0.25) is 4.90 Å². The number of nitrogens with zero attached hydrogens (tertiary/aromatic N) is 5. The van der Waals surface area contributed by atoms with Crippen LogP contribution < -0.4 is 4.90 Å². The smallest absolute Gasteiger partial charge is 0.191 e. The fourth-order valence-corrected chi connectivity index (χ4v) is 3.21. The lowest BCUT2D eigenvalue weighted by Crippen LogP contribution is -2.46. The van der Waals surface area contributed by atoms with E-state index in [2.05, 4.69) is 20.0 Å². The molecule has 0 atom stereocenters. The number of aryl methyl sites for hydroxylation is 1. The van der Waals surface area contributed by atoms with Gasteiger partial charge in [-0.1, -0.05) is 35.5 Å². The molecule has 0 spiro atoms. The molecule has 0 unspecified atom stereocenters. The Balaban J connectivity index is 1.47. The van der Waals surface area contributed by atoms with E-state index in [1.165, 1.54) is 6.33 Å². The molecule has 7 heteroatoms. The molecule has 3 heterocycles. The average Bonchev–Trinajstić information content (AvgIpc) is 3.08. The first-order chi connectivity index (χ1) is 12.7. The summed E-state index contributed by atoms with van der Waals surface area (Å²) in [5, 5.41) is 3.82. The number of hydrogen-bond acceptors (Lipinski definition) is 6.